The van der Waals surface area contributed by atoms with Gasteiger partial charge in [0.15, 0.2) is 11.8 Å². The van der Waals surface area contributed by atoms with Crippen molar-refractivity contribution in [3.8, 4) is 0 Å². The molecule has 0 aliphatic carbocycles. The van der Waals surface area contributed by atoms with E-state index in [1.54, 1.807) is 25.3 Å². The van der Waals surface area contributed by atoms with Crippen LogP contribution in [0.1, 0.15) is 30.1 Å². The Morgan fingerprint density at radius 2 is 2.24 bits per heavy atom. The second kappa shape index (κ2) is 10.1. The molecule has 0 spiro atoms. The number of piperidine rings is 1. The summed E-state index contributed by atoms with van der Waals surface area (Å²) in [6.45, 7) is 5.56. The maximum Gasteiger partial charge on any atom is 0.223 e. The average Bonchev–Trinajstić information content (AvgIpc) is 3.25. The lowest BCUT2D eigenvalue weighted by molar-refractivity contribution is 0.198. The van der Waals surface area contributed by atoms with Crippen molar-refractivity contribution in [1.82, 2.24) is 25.7 Å². The van der Waals surface area contributed by atoms with Crippen LogP contribution in [0.5, 0.6) is 0 Å². The molecule has 2 aromatic rings. The maximum absolute atomic E-state index is 4.97. The van der Waals surface area contributed by atoms with Gasteiger partial charge in [0, 0.05) is 39.6 Å². The summed E-state index contributed by atoms with van der Waals surface area (Å²) in [7, 11) is 1.78. The highest BCUT2D eigenvalue weighted by Gasteiger charge is 2.20. The standard InChI is InChI=1S/C16H24N6OS.HI/c1-12-19-15(21-23-12)9-18-16(17-2)20-14-3-6-22(7-4-14)10-13-5-8-24-11-13;/h5,8,11,14H,3-4,6-7,9-10H2,1-2H3,(H2,17,18,20);1H. The van der Waals surface area contributed by atoms with E-state index in [2.05, 4.69) is 47.5 Å². The summed E-state index contributed by atoms with van der Waals surface area (Å²) < 4.78 is 4.97. The Morgan fingerprint density at radius 1 is 1.44 bits per heavy atom. The lowest BCUT2D eigenvalue weighted by Gasteiger charge is -2.32. The number of aliphatic imine (C=N–C) groups is 1. The molecule has 1 saturated heterocycles. The predicted octanol–water partition coefficient (Wildman–Crippen LogP) is 2.39. The summed E-state index contributed by atoms with van der Waals surface area (Å²) in [4.78, 5) is 11.0. The normalized spacial score (nSPS) is 16.5. The fraction of sp³-hybridized carbons (Fsp3) is 0.562. The monoisotopic (exact) mass is 476 g/mol. The van der Waals surface area contributed by atoms with Crippen molar-refractivity contribution in [2.45, 2.75) is 38.9 Å². The van der Waals surface area contributed by atoms with Gasteiger partial charge >= 0.3 is 0 Å². The van der Waals surface area contributed by atoms with Gasteiger partial charge in [0.1, 0.15) is 0 Å². The molecule has 0 aromatic carbocycles. The smallest absolute Gasteiger partial charge is 0.223 e. The molecule has 3 rings (SSSR count). The van der Waals surface area contributed by atoms with Crippen molar-refractivity contribution >= 4 is 41.3 Å². The Kier molecular flexibility index (Phi) is 8.10. The number of aryl methyl sites for hydroxylation is 1. The van der Waals surface area contributed by atoms with Gasteiger partial charge in [0.25, 0.3) is 0 Å². The van der Waals surface area contributed by atoms with Crippen molar-refractivity contribution in [2.75, 3.05) is 20.1 Å². The first-order valence-electron chi connectivity index (χ1n) is 8.22. The van der Waals surface area contributed by atoms with Gasteiger partial charge in [-0.15, -0.1) is 24.0 Å². The number of guanidine groups is 1. The molecule has 25 heavy (non-hydrogen) atoms. The first-order valence-corrected chi connectivity index (χ1v) is 9.17. The molecule has 0 amide bonds. The molecule has 138 valence electrons. The zero-order chi connectivity index (χ0) is 16.8. The molecule has 3 heterocycles. The van der Waals surface area contributed by atoms with Crippen molar-refractivity contribution in [3.05, 3.63) is 34.1 Å². The van der Waals surface area contributed by atoms with Gasteiger partial charge in [0.2, 0.25) is 5.89 Å². The summed E-state index contributed by atoms with van der Waals surface area (Å²) in [6, 6.07) is 2.65. The van der Waals surface area contributed by atoms with E-state index < -0.39 is 0 Å². The minimum Gasteiger partial charge on any atom is -0.354 e. The van der Waals surface area contributed by atoms with Gasteiger partial charge in [-0.05, 0) is 35.2 Å². The van der Waals surface area contributed by atoms with Crippen LogP contribution in [0.25, 0.3) is 0 Å². The Labute approximate surface area is 169 Å². The molecule has 2 N–H and O–H groups in total. The molecule has 1 fully saturated rings. The molecule has 1 aliphatic rings. The van der Waals surface area contributed by atoms with Crippen LogP contribution < -0.4 is 10.6 Å². The molecule has 7 nitrogen and oxygen atoms in total. The third-order valence-electron chi connectivity index (χ3n) is 4.12. The SMILES string of the molecule is CN=C(NCc1noc(C)n1)NC1CCN(Cc2ccsc2)CC1.I. The third-order valence-corrected chi connectivity index (χ3v) is 4.85. The van der Waals surface area contributed by atoms with Gasteiger partial charge in [-0.25, -0.2) is 0 Å². The van der Waals surface area contributed by atoms with Crippen LogP contribution in [-0.4, -0.2) is 47.2 Å². The Hall–Kier alpha value is -1.20. The molecule has 0 bridgehead atoms. The van der Waals surface area contributed by atoms with E-state index >= 15 is 0 Å². The number of hydrogen-bond acceptors (Lipinski definition) is 6. The van der Waals surface area contributed by atoms with Gasteiger partial charge in [0.05, 0.1) is 6.54 Å². The number of rotatable bonds is 5. The molecule has 2 aromatic heterocycles. The number of thiophene rings is 1. The Bertz CT molecular complexity index is 651. The number of halogens is 1. The molecule has 0 atom stereocenters. The summed E-state index contributed by atoms with van der Waals surface area (Å²) >= 11 is 1.77. The number of likely N-dealkylation sites (tertiary alicyclic amines) is 1. The quantitative estimate of drug-likeness (QED) is 0.392. The molecule has 9 heteroatoms. The van der Waals surface area contributed by atoms with E-state index in [4.69, 9.17) is 4.52 Å². The molecule has 0 radical (unpaired) electrons. The number of nitrogens with zero attached hydrogens (tertiary/aromatic N) is 4. The summed E-state index contributed by atoms with van der Waals surface area (Å²) in [6.07, 6.45) is 2.23. The van der Waals surface area contributed by atoms with Crippen molar-refractivity contribution < 1.29 is 4.52 Å². The molecule has 1 aliphatic heterocycles. The maximum atomic E-state index is 4.97. The average molecular weight is 476 g/mol. The lowest BCUT2D eigenvalue weighted by atomic mass is 10.0. The van der Waals surface area contributed by atoms with Crippen molar-refractivity contribution in [1.29, 1.82) is 0 Å². The number of hydrogen-bond donors (Lipinski definition) is 2. The van der Waals surface area contributed by atoms with Gasteiger partial charge < -0.3 is 15.2 Å². The first-order chi connectivity index (χ1) is 11.7. The van der Waals surface area contributed by atoms with Crippen LogP contribution in [-0.2, 0) is 13.1 Å². The lowest BCUT2D eigenvalue weighted by Crippen LogP contribution is -2.48. The van der Waals surface area contributed by atoms with E-state index in [9.17, 15) is 0 Å². The molecule has 0 unspecified atom stereocenters. The second-order valence-corrected chi connectivity index (χ2v) is 6.76. The van der Waals surface area contributed by atoms with Gasteiger partial charge in [-0.3, -0.25) is 9.89 Å². The number of nitrogens with one attached hydrogen (secondary N) is 2. The Balaban J connectivity index is 0.00000225. The van der Waals surface area contributed by atoms with Crippen LogP contribution >= 0.6 is 35.3 Å². The van der Waals surface area contributed by atoms with E-state index in [0.717, 1.165) is 38.4 Å². The van der Waals surface area contributed by atoms with Crippen LogP contribution in [0.2, 0.25) is 0 Å². The summed E-state index contributed by atoms with van der Waals surface area (Å²) in [5.41, 5.74) is 1.42. The van der Waals surface area contributed by atoms with E-state index in [1.165, 1.54) is 5.56 Å². The van der Waals surface area contributed by atoms with Gasteiger partial charge in [-0.2, -0.15) is 16.3 Å². The summed E-state index contributed by atoms with van der Waals surface area (Å²) in [5, 5.41) is 15.0. The van der Waals surface area contributed by atoms with Crippen LogP contribution in [0, 0.1) is 6.92 Å². The zero-order valence-electron chi connectivity index (χ0n) is 14.6. The molecular weight excluding hydrogens is 451 g/mol. The molecular formula is C16H25IN6OS. The highest BCUT2D eigenvalue weighted by atomic mass is 127. The minimum atomic E-state index is 0. The van der Waals surface area contributed by atoms with E-state index in [-0.39, 0.29) is 24.0 Å². The molecule has 0 saturated carbocycles. The van der Waals surface area contributed by atoms with Crippen LogP contribution in [0.3, 0.4) is 0 Å². The fourth-order valence-corrected chi connectivity index (χ4v) is 3.50. The van der Waals surface area contributed by atoms with Crippen molar-refractivity contribution in [2.24, 2.45) is 4.99 Å². The fourth-order valence-electron chi connectivity index (χ4n) is 2.84. The van der Waals surface area contributed by atoms with E-state index in [1.807, 2.05) is 0 Å². The van der Waals surface area contributed by atoms with Crippen LogP contribution in [0.4, 0.5) is 0 Å². The minimum absolute atomic E-state index is 0. The highest BCUT2D eigenvalue weighted by Crippen LogP contribution is 2.15. The third kappa shape index (κ3) is 6.23. The predicted molar refractivity (Wildman–Crippen MR) is 110 cm³/mol. The first kappa shape index (κ1) is 20.1. The van der Waals surface area contributed by atoms with Crippen LogP contribution in [0.15, 0.2) is 26.3 Å². The topological polar surface area (TPSA) is 78.6 Å². The summed E-state index contributed by atoms with van der Waals surface area (Å²) in [5.74, 6) is 2.00. The van der Waals surface area contributed by atoms with E-state index in [0.29, 0.717) is 24.3 Å². The number of aromatic nitrogens is 2. The van der Waals surface area contributed by atoms with Gasteiger partial charge in [-0.1, -0.05) is 5.16 Å². The highest BCUT2D eigenvalue weighted by molar-refractivity contribution is 14.0. The largest absolute Gasteiger partial charge is 0.354 e. The Morgan fingerprint density at radius 3 is 2.84 bits per heavy atom. The zero-order valence-corrected chi connectivity index (χ0v) is 17.7. The van der Waals surface area contributed by atoms with Crippen molar-refractivity contribution in [3.63, 3.8) is 0 Å². The second-order valence-electron chi connectivity index (χ2n) is 5.98.